The quantitative estimate of drug-likeness (QED) is 0.0324. The number of hydrogen-bond acceptors (Lipinski definition) is 24. The minimum Gasteiger partial charge on any atom is -0.391 e. The maximum absolute atomic E-state index is 13.4. The third-order valence-corrected chi connectivity index (χ3v) is 23.0. The third-order valence-electron chi connectivity index (χ3n) is 23.0. The number of amides is 3. The second kappa shape index (κ2) is 32.9. The van der Waals surface area contributed by atoms with Crippen molar-refractivity contribution in [1.29, 1.82) is 0 Å². The summed E-state index contributed by atoms with van der Waals surface area (Å²) in [5.41, 5.74) is 2.35. The molecule has 15 rings (SSSR count). The first-order chi connectivity index (χ1) is 51.9. The van der Waals surface area contributed by atoms with Gasteiger partial charge in [-0.25, -0.2) is 15.0 Å². The number of carbonyl (C=O) groups excluding carboxylic acids is 3. The molecule has 6 aliphatic rings. The Labute approximate surface area is 630 Å². The van der Waals surface area contributed by atoms with Gasteiger partial charge in [0.05, 0.1) is 71.8 Å². The molecule has 33 nitrogen and oxygen atoms in total. The number of aliphatic hydroxyl groups is 3. The Bertz CT molecular complexity index is 4460. The molecule has 109 heavy (non-hydrogen) atoms. The van der Waals surface area contributed by atoms with Gasteiger partial charge >= 0.3 is 0 Å². The summed E-state index contributed by atoms with van der Waals surface area (Å²) in [5, 5.41) is 69.6. The Morgan fingerprint density at radius 1 is 0.422 bits per heavy atom. The van der Waals surface area contributed by atoms with E-state index in [0.29, 0.717) is 105 Å². The average Bonchev–Trinajstić information content (AvgIpc) is 1.66. The van der Waals surface area contributed by atoms with Crippen LogP contribution in [0.1, 0.15) is 193 Å². The number of aliphatic hydroxyl groups excluding tert-OH is 3. The Kier molecular flexibility index (Phi) is 23.6. The molecule has 0 aromatic carbocycles. The number of nitrogens with zero attached hydrogens (tertiary/aromatic N) is 12. The maximum atomic E-state index is 13.4. The SMILES string of the molecule is C.CNc1cc(Nc2cccn(C3CCC(C)(OC)CC3)c2=O)nc2c(C(=O)NC3CC[C@H]3O)cnn12.CNc1cc(Nc2cccn(C3CCC(C)(OC)CC3)c2=O)nc2c(C(=O)N[C@@H]3CC[C@@H]3O)cnn12.CNc1cc(Nc2cccn(C3CCC(C)(OC)CC3)c2=O)nc2c(C(=O)N[C@H]3CC[C@H]3O)cnn12. The molecule has 6 saturated carbocycles. The van der Waals surface area contributed by atoms with Crippen molar-refractivity contribution >= 4 is 86.6 Å². The molecule has 0 radical (unpaired) electrons. The lowest BCUT2D eigenvalue weighted by atomic mass is 9.83. The number of rotatable bonds is 21. The average molecular weight is 1500 g/mol. The van der Waals surface area contributed by atoms with Crippen molar-refractivity contribution in [3.8, 4) is 0 Å². The molecule has 9 heterocycles. The van der Waals surface area contributed by atoms with Crippen molar-refractivity contribution < 1.29 is 43.9 Å². The summed E-state index contributed by atoms with van der Waals surface area (Å²) in [7, 11) is 10.5. The van der Waals surface area contributed by atoms with Crippen molar-refractivity contribution in [1.82, 2.24) is 73.4 Å². The van der Waals surface area contributed by atoms with Crippen LogP contribution in [0.25, 0.3) is 16.9 Å². The van der Waals surface area contributed by atoms with E-state index < -0.39 is 18.3 Å². The van der Waals surface area contributed by atoms with Crippen LogP contribution in [0, 0.1) is 0 Å². The number of hydrogen-bond donors (Lipinski definition) is 12. The molecule has 33 heteroatoms. The summed E-state index contributed by atoms with van der Waals surface area (Å²) in [5.74, 6) is 2.02. The topological polar surface area (TPSA) is 404 Å². The molecular formula is C76H103N21O12. The van der Waals surface area contributed by atoms with Crippen LogP contribution in [-0.4, -0.2) is 186 Å². The van der Waals surface area contributed by atoms with E-state index in [1.807, 2.05) is 36.8 Å². The first-order valence-electron chi connectivity index (χ1n) is 37.2. The van der Waals surface area contributed by atoms with E-state index in [4.69, 9.17) is 14.2 Å². The molecule has 9 aromatic rings. The Hall–Kier alpha value is -10.3. The lowest BCUT2D eigenvalue weighted by Crippen LogP contribution is -2.50. The van der Waals surface area contributed by atoms with Gasteiger partial charge < -0.3 is 91.1 Å². The van der Waals surface area contributed by atoms with Gasteiger partial charge in [-0.2, -0.15) is 28.8 Å². The molecule has 6 aliphatic carbocycles. The monoisotopic (exact) mass is 1500 g/mol. The minimum absolute atomic E-state index is 0. The van der Waals surface area contributed by atoms with Crippen molar-refractivity contribution in [2.45, 2.75) is 215 Å². The molecule has 3 amide bonds. The molecule has 6 fully saturated rings. The van der Waals surface area contributed by atoms with Crippen LogP contribution >= 0.6 is 0 Å². The van der Waals surface area contributed by atoms with E-state index in [0.717, 1.165) is 96.3 Å². The summed E-state index contributed by atoms with van der Waals surface area (Å²) in [6.07, 6.45) is 23.1. The first-order valence-corrected chi connectivity index (χ1v) is 37.2. The molecule has 1 unspecified atom stereocenters. The zero-order valence-corrected chi connectivity index (χ0v) is 62.5. The number of anilines is 9. The van der Waals surface area contributed by atoms with Gasteiger partial charge in [0, 0.05) is 97.4 Å². The molecule has 0 spiro atoms. The number of nitrogens with one attached hydrogen (secondary N) is 9. The normalized spacial score (nSPS) is 25.6. The fourth-order valence-electron chi connectivity index (χ4n) is 15.0. The molecule has 12 N–H and O–H groups in total. The number of carbonyl (C=O) groups is 3. The third kappa shape index (κ3) is 16.5. The van der Waals surface area contributed by atoms with E-state index in [1.165, 1.54) is 32.1 Å². The Morgan fingerprint density at radius 3 is 0.890 bits per heavy atom. The summed E-state index contributed by atoms with van der Waals surface area (Å²) in [6, 6.07) is 15.5. The van der Waals surface area contributed by atoms with Gasteiger partial charge in [-0.05, 0) is 173 Å². The molecule has 9 aromatic heterocycles. The highest BCUT2D eigenvalue weighted by molar-refractivity contribution is 6.02. The van der Waals surface area contributed by atoms with Crippen LogP contribution in [-0.2, 0) is 14.2 Å². The van der Waals surface area contributed by atoms with Crippen molar-refractivity contribution in [3.05, 3.63) is 140 Å². The zero-order chi connectivity index (χ0) is 76.3. The van der Waals surface area contributed by atoms with Gasteiger partial charge in [0.1, 0.15) is 68.7 Å². The van der Waals surface area contributed by atoms with Crippen LogP contribution < -0.4 is 64.5 Å². The van der Waals surface area contributed by atoms with Crippen LogP contribution in [0.4, 0.5) is 52.0 Å². The van der Waals surface area contributed by atoms with Gasteiger partial charge in [-0.15, -0.1) is 0 Å². The predicted molar refractivity (Wildman–Crippen MR) is 415 cm³/mol. The van der Waals surface area contributed by atoms with Crippen LogP contribution in [0.3, 0.4) is 0 Å². The fraction of sp³-hybridized carbons (Fsp3) is 0.526. The van der Waals surface area contributed by atoms with Gasteiger partial charge in [0.15, 0.2) is 16.9 Å². The van der Waals surface area contributed by atoms with E-state index in [-0.39, 0.29) is 94.9 Å². The number of aromatic nitrogens is 12. The predicted octanol–water partition coefficient (Wildman–Crippen LogP) is 7.98. The minimum atomic E-state index is -0.526. The highest BCUT2D eigenvalue weighted by atomic mass is 16.5. The smallest absolute Gasteiger partial charge is 0.274 e. The molecule has 0 saturated heterocycles. The van der Waals surface area contributed by atoms with E-state index in [9.17, 15) is 44.1 Å². The van der Waals surface area contributed by atoms with E-state index in [1.54, 1.807) is 92.6 Å². The highest BCUT2D eigenvalue weighted by Crippen LogP contribution is 2.40. The van der Waals surface area contributed by atoms with Crippen LogP contribution in [0.2, 0.25) is 0 Å². The van der Waals surface area contributed by atoms with Crippen molar-refractivity contribution in [3.63, 3.8) is 0 Å². The lowest BCUT2D eigenvalue weighted by Gasteiger charge is -2.36. The number of methoxy groups -OCH3 is 3. The zero-order valence-electron chi connectivity index (χ0n) is 62.5. The standard InChI is InChI=1S/3C25H33N7O4.CH4/c3*1-25(36-3)10-8-15(9-11-25)31-12-4-5-18(24(31)35)28-20-13-21(26-2)32-22(30-20)16(14-27-32)23(34)29-17-6-7-19(17)33;/h3*4-5,12-15,17,19,26,33H,6-11H2,1-3H3,(H,28,30)(H,29,34);1H4/t15?,17?,19-,25?;2*15?,17-,19+,25?;/m110./s1. The fourth-order valence-corrected chi connectivity index (χ4v) is 15.0. The number of pyridine rings is 3. The maximum Gasteiger partial charge on any atom is 0.274 e. The molecule has 584 valence electrons. The second-order valence-electron chi connectivity index (χ2n) is 29.8. The van der Waals surface area contributed by atoms with Crippen molar-refractivity contribution in [2.75, 3.05) is 74.4 Å². The molecule has 0 bridgehead atoms. The van der Waals surface area contributed by atoms with Gasteiger partial charge in [-0.1, -0.05) is 7.43 Å². The largest absolute Gasteiger partial charge is 0.391 e. The summed E-state index contributed by atoms with van der Waals surface area (Å²) >= 11 is 0. The van der Waals surface area contributed by atoms with Crippen LogP contribution in [0.15, 0.2) is 106 Å². The first kappa shape index (κ1) is 78.3. The summed E-state index contributed by atoms with van der Waals surface area (Å²) < 4.78 is 26.9. The number of ether oxygens (including phenoxy) is 3. The second-order valence-corrected chi connectivity index (χ2v) is 29.8. The lowest BCUT2D eigenvalue weighted by molar-refractivity contribution is -0.0326. The van der Waals surface area contributed by atoms with Crippen LogP contribution in [0.5, 0.6) is 0 Å². The van der Waals surface area contributed by atoms with Gasteiger partial charge in [0.2, 0.25) is 0 Å². The van der Waals surface area contributed by atoms with E-state index in [2.05, 4.69) is 98.9 Å². The van der Waals surface area contributed by atoms with Gasteiger partial charge in [0.25, 0.3) is 34.4 Å². The van der Waals surface area contributed by atoms with Gasteiger partial charge in [-0.3, -0.25) is 28.8 Å². The molecule has 0 aliphatic heterocycles. The molecule has 6 atom stereocenters. The number of fused-ring (bicyclic) bond motifs is 3. The Morgan fingerprint density at radius 2 is 0.679 bits per heavy atom. The Balaban J connectivity index is 0.000000152. The highest BCUT2D eigenvalue weighted by Gasteiger charge is 2.38. The van der Waals surface area contributed by atoms with Crippen molar-refractivity contribution in [2.24, 2.45) is 0 Å². The molecular weight excluding hydrogens is 1400 g/mol. The summed E-state index contributed by atoms with van der Waals surface area (Å²) in [6.45, 7) is 6.35. The van der Waals surface area contributed by atoms with E-state index >= 15 is 0 Å². The summed E-state index contributed by atoms with van der Waals surface area (Å²) in [4.78, 5) is 92.5.